The van der Waals surface area contributed by atoms with Crippen molar-refractivity contribution in [1.29, 1.82) is 0 Å². The maximum absolute atomic E-state index is 11.6. The van der Waals surface area contributed by atoms with Crippen molar-refractivity contribution in [2.75, 3.05) is 19.7 Å². The molecular weight excluding hydrogens is 264 g/mol. The highest BCUT2D eigenvalue weighted by atomic mass is 16.5. The van der Waals surface area contributed by atoms with Gasteiger partial charge in [0.25, 0.3) is 0 Å². The number of urea groups is 1. The predicted molar refractivity (Wildman–Crippen MR) is 84.6 cm³/mol. The molecule has 1 atom stereocenters. The summed E-state index contributed by atoms with van der Waals surface area (Å²) >= 11 is 0. The van der Waals surface area contributed by atoms with Crippen LogP contribution in [0.5, 0.6) is 5.75 Å². The minimum atomic E-state index is -0.114. The molecule has 0 spiro atoms. The highest BCUT2D eigenvalue weighted by Crippen LogP contribution is 2.16. The van der Waals surface area contributed by atoms with Crippen molar-refractivity contribution in [3.8, 4) is 5.75 Å². The van der Waals surface area contributed by atoms with Gasteiger partial charge < -0.3 is 15.4 Å². The molecule has 114 valence electrons. The van der Waals surface area contributed by atoms with Crippen LogP contribution in [-0.2, 0) is 0 Å². The Hall–Kier alpha value is -1.97. The number of ether oxygens (including phenoxy) is 1. The summed E-state index contributed by atoms with van der Waals surface area (Å²) in [5.74, 6) is 1.40. The van der Waals surface area contributed by atoms with E-state index in [0.29, 0.717) is 19.1 Å². The van der Waals surface area contributed by atoms with Crippen LogP contribution < -0.4 is 15.4 Å². The van der Waals surface area contributed by atoms with Gasteiger partial charge >= 0.3 is 6.03 Å². The number of hydrogen-bond donors (Lipinski definition) is 2. The lowest BCUT2D eigenvalue weighted by molar-refractivity contribution is 0.234. The van der Waals surface area contributed by atoms with E-state index in [1.165, 1.54) is 5.56 Å². The number of nitrogens with one attached hydrogen (secondary N) is 2. The van der Waals surface area contributed by atoms with Gasteiger partial charge in [-0.25, -0.2) is 4.79 Å². The minimum Gasteiger partial charge on any atom is -0.492 e. The molecule has 1 aliphatic rings. The Bertz CT molecular complexity index is 468. The van der Waals surface area contributed by atoms with Crippen molar-refractivity contribution < 1.29 is 9.53 Å². The molecule has 2 N–H and O–H groups in total. The molecule has 4 heteroatoms. The molecule has 0 bridgehead atoms. The zero-order valence-electron chi connectivity index (χ0n) is 12.6. The molecule has 1 aliphatic carbocycles. The van der Waals surface area contributed by atoms with Gasteiger partial charge in [-0.15, -0.1) is 0 Å². The van der Waals surface area contributed by atoms with Crippen LogP contribution in [0.2, 0.25) is 0 Å². The van der Waals surface area contributed by atoms with Gasteiger partial charge in [-0.05, 0) is 44.2 Å². The first-order chi connectivity index (χ1) is 10.2. The molecular formula is C17H24N2O2. The van der Waals surface area contributed by atoms with Gasteiger partial charge in [0.2, 0.25) is 0 Å². The van der Waals surface area contributed by atoms with Gasteiger partial charge in [-0.2, -0.15) is 0 Å². The third-order valence-corrected chi connectivity index (χ3v) is 3.61. The Morgan fingerprint density at radius 3 is 2.76 bits per heavy atom. The molecule has 0 aliphatic heterocycles. The van der Waals surface area contributed by atoms with Gasteiger partial charge in [0.15, 0.2) is 0 Å². The Morgan fingerprint density at radius 2 is 2.05 bits per heavy atom. The maximum atomic E-state index is 11.6. The summed E-state index contributed by atoms with van der Waals surface area (Å²) in [5, 5.41) is 5.73. The van der Waals surface area contributed by atoms with Gasteiger partial charge in [-0.3, -0.25) is 0 Å². The number of hydrogen-bond acceptors (Lipinski definition) is 2. The SMILES string of the molecule is Cc1ccc(OCCNC(=O)NCC2CC=CCC2)cc1. The van der Waals surface area contributed by atoms with E-state index < -0.39 is 0 Å². The van der Waals surface area contributed by atoms with Crippen LogP contribution in [0.1, 0.15) is 24.8 Å². The predicted octanol–water partition coefficient (Wildman–Crippen LogP) is 3.03. The van der Waals surface area contributed by atoms with Gasteiger partial charge in [0.1, 0.15) is 12.4 Å². The van der Waals surface area contributed by atoms with Crippen molar-refractivity contribution in [3.05, 3.63) is 42.0 Å². The van der Waals surface area contributed by atoms with Crippen molar-refractivity contribution in [2.24, 2.45) is 5.92 Å². The fourth-order valence-corrected chi connectivity index (χ4v) is 2.31. The Balaban J connectivity index is 1.54. The van der Waals surface area contributed by atoms with Crippen molar-refractivity contribution >= 4 is 6.03 Å². The lowest BCUT2D eigenvalue weighted by Crippen LogP contribution is -2.40. The molecule has 0 saturated carbocycles. The van der Waals surface area contributed by atoms with Crippen LogP contribution in [0, 0.1) is 12.8 Å². The Kier molecular flexibility index (Phi) is 6.13. The number of allylic oxidation sites excluding steroid dienone is 2. The first-order valence-corrected chi connectivity index (χ1v) is 7.60. The summed E-state index contributed by atoms with van der Waals surface area (Å²) < 4.78 is 5.55. The number of benzene rings is 1. The molecule has 2 rings (SSSR count). The van der Waals surface area contributed by atoms with E-state index >= 15 is 0 Å². The molecule has 0 heterocycles. The largest absolute Gasteiger partial charge is 0.492 e. The average Bonchev–Trinajstić information content (AvgIpc) is 2.52. The molecule has 1 aromatic carbocycles. The molecule has 1 unspecified atom stereocenters. The van der Waals surface area contributed by atoms with Crippen molar-refractivity contribution in [2.45, 2.75) is 26.2 Å². The fourth-order valence-electron chi connectivity index (χ4n) is 2.31. The van der Waals surface area contributed by atoms with E-state index in [9.17, 15) is 4.79 Å². The van der Waals surface area contributed by atoms with Crippen LogP contribution in [0.3, 0.4) is 0 Å². The molecule has 0 radical (unpaired) electrons. The summed E-state index contributed by atoms with van der Waals surface area (Å²) in [6.07, 6.45) is 7.75. The fraction of sp³-hybridized carbons (Fsp3) is 0.471. The minimum absolute atomic E-state index is 0.114. The molecule has 21 heavy (non-hydrogen) atoms. The second-order valence-corrected chi connectivity index (χ2v) is 5.45. The highest BCUT2D eigenvalue weighted by Gasteiger charge is 2.10. The van der Waals surface area contributed by atoms with E-state index in [1.54, 1.807) is 0 Å². The average molecular weight is 288 g/mol. The molecule has 2 amide bonds. The first-order valence-electron chi connectivity index (χ1n) is 7.60. The monoisotopic (exact) mass is 288 g/mol. The second-order valence-electron chi connectivity index (χ2n) is 5.45. The lowest BCUT2D eigenvalue weighted by atomic mass is 9.94. The number of carbonyl (C=O) groups is 1. The quantitative estimate of drug-likeness (QED) is 0.624. The smallest absolute Gasteiger partial charge is 0.314 e. The molecule has 0 aromatic heterocycles. The topological polar surface area (TPSA) is 50.4 Å². The summed E-state index contributed by atoms with van der Waals surface area (Å²) in [6, 6.07) is 7.78. The summed E-state index contributed by atoms with van der Waals surface area (Å²) in [6.45, 7) is 3.76. The van der Waals surface area contributed by atoms with Crippen LogP contribution in [0.25, 0.3) is 0 Å². The standard InChI is InChI=1S/C17H24N2O2/c1-14-7-9-16(10-8-14)21-12-11-18-17(20)19-13-15-5-3-2-4-6-15/h2-3,7-10,15H,4-6,11-13H2,1H3,(H2,18,19,20). The van der Waals surface area contributed by atoms with E-state index in [2.05, 4.69) is 22.8 Å². The Morgan fingerprint density at radius 1 is 1.24 bits per heavy atom. The van der Waals surface area contributed by atoms with E-state index in [0.717, 1.165) is 31.6 Å². The molecule has 0 saturated heterocycles. The molecule has 0 fully saturated rings. The summed E-state index contributed by atoms with van der Waals surface area (Å²) in [4.78, 5) is 11.6. The first kappa shape index (κ1) is 15.4. The highest BCUT2D eigenvalue weighted by molar-refractivity contribution is 5.73. The van der Waals surface area contributed by atoms with Gasteiger partial charge in [0, 0.05) is 6.54 Å². The third kappa shape index (κ3) is 5.90. The van der Waals surface area contributed by atoms with Gasteiger partial charge in [-0.1, -0.05) is 29.8 Å². The van der Waals surface area contributed by atoms with Crippen LogP contribution in [-0.4, -0.2) is 25.7 Å². The normalized spacial score (nSPS) is 17.3. The van der Waals surface area contributed by atoms with Crippen LogP contribution in [0.4, 0.5) is 4.79 Å². The zero-order chi connectivity index (χ0) is 14.9. The van der Waals surface area contributed by atoms with Crippen molar-refractivity contribution in [3.63, 3.8) is 0 Å². The number of rotatable bonds is 6. The zero-order valence-corrected chi connectivity index (χ0v) is 12.6. The van der Waals surface area contributed by atoms with E-state index in [4.69, 9.17) is 4.74 Å². The van der Waals surface area contributed by atoms with Gasteiger partial charge in [0.05, 0.1) is 6.54 Å². The van der Waals surface area contributed by atoms with E-state index in [-0.39, 0.29) is 6.03 Å². The number of aryl methyl sites for hydroxylation is 1. The second kappa shape index (κ2) is 8.35. The number of carbonyl (C=O) groups excluding carboxylic acids is 1. The maximum Gasteiger partial charge on any atom is 0.314 e. The number of amides is 2. The Labute approximate surface area is 126 Å². The molecule has 4 nitrogen and oxygen atoms in total. The van der Waals surface area contributed by atoms with Crippen molar-refractivity contribution in [1.82, 2.24) is 10.6 Å². The van der Waals surface area contributed by atoms with Crippen LogP contribution >= 0.6 is 0 Å². The van der Waals surface area contributed by atoms with Crippen LogP contribution in [0.15, 0.2) is 36.4 Å². The summed E-state index contributed by atoms with van der Waals surface area (Å²) in [7, 11) is 0. The third-order valence-electron chi connectivity index (χ3n) is 3.61. The summed E-state index contributed by atoms with van der Waals surface area (Å²) in [5.41, 5.74) is 1.21. The molecule has 1 aromatic rings. The van der Waals surface area contributed by atoms with E-state index in [1.807, 2.05) is 31.2 Å². The lowest BCUT2D eigenvalue weighted by Gasteiger charge is -2.18.